The van der Waals surface area contributed by atoms with Gasteiger partial charge < -0.3 is 21.7 Å². The Morgan fingerprint density at radius 3 is 1.86 bits per heavy atom. The molecule has 1 saturated heterocycles. The van der Waals surface area contributed by atoms with Crippen LogP contribution in [0, 0.1) is 11.6 Å². The number of amides is 2. The Labute approximate surface area is 254 Å². The van der Waals surface area contributed by atoms with E-state index in [0.717, 1.165) is 36.9 Å². The van der Waals surface area contributed by atoms with Crippen molar-refractivity contribution in [1.82, 2.24) is 9.80 Å². The van der Waals surface area contributed by atoms with Gasteiger partial charge in [0.05, 0.1) is 15.7 Å². The van der Waals surface area contributed by atoms with Gasteiger partial charge in [-0.05, 0) is 72.5 Å². The molecule has 0 bridgehead atoms. The van der Waals surface area contributed by atoms with Gasteiger partial charge in [0.1, 0.15) is 11.6 Å². The number of rotatable bonds is 12. The van der Waals surface area contributed by atoms with Crippen LogP contribution >= 0.6 is 23.2 Å². The molecular weight excluding hydrogens is 583 g/mol. The molecule has 0 radical (unpaired) electrons. The minimum absolute atomic E-state index is 0.0337. The standard InChI is InChI=1S/C31H35Cl2F2N5O2/c32-26-17-20(19-36)18-27(33)28(26)38-31(42)29(30(37)41)40-15-13-39(14-16-40)12-2-1-3-25(21-4-8-23(34)9-5-21)22-6-10-24(35)11-7-22/h4-11,17-18,25,29H,1-3,12-16,19,36H2,(H2,37,41)(H,38,42). The lowest BCUT2D eigenvalue weighted by Crippen LogP contribution is -2.58. The number of primary amides is 1. The highest BCUT2D eigenvalue weighted by molar-refractivity contribution is 6.40. The van der Waals surface area contributed by atoms with Crippen molar-refractivity contribution < 1.29 is 18.4 Å². The van der Waals surface area contributed by atoms with Crippen molar-refractivity contribution in [2.75, 3.05) is 38.0 Å². The van der Waals surface area contributed by atoms with Crippen molar-refractivity contribution in [3.05, 3.63) is 99.0 Å². The van der Waals surface area contributed by atoms with Crippen LogP contribution in [0.25, 0.3) is 0 Å². The third kappa shape index (κ3) is 8.26. The largest absolute Gasteiger partial charge is 0.368 e. The molecule has 3 aromatic carbocycles. The van der Waals surface area contributed by atoms with Gasteiger partial charge in [-0.1, -0.05) is 53.9 Å². The molecule has 4 rings (SSSR count). The zero-order valence-electron chi connectivity index (χ0n) is 23.2. The lowest BCUT2D eigenvalue weighted by Gasteiger charge is -2.37. The van der Waals surface area contributed by atoms with E-state index in [4.69, 9.17) is 34.7 Å². The number of anilines is 1. The lowest BCUT2D eigenvalue weighted by atomic mass is 9.87. The van der Waals surface area contributed by atoms with Gasteiger partial charge >= 0.3 is 0 Å². The Bertz CT molecular complexity index is 1300. The van der Waals surface area contributed by atoms with Crippen molar-refractivity contribution in [1.29, 1.82) is 0 Å². The van der Waals surface area contributed by atoms with Gasteiger partial charge in [0.25, 0.3) is 5.91 Å². The maximum absolute atomic E-state index is 13.5. The Kier molecular flexibility index (Phi) is 11.3. The first-order chi connectivity index (χ1) is 20.2. The SMILES string of the molecule is NCc1cc(Cl)c(NC(=O)C(C(N)=O)N2CCN(CCCCC(c3ccc(F)cc3)c3ccc(F)cc3)CC2)c(Cl)c1. The third-order valence-electron chi connectivity index (χ3n) is 7.64. The summed E-state index contributed by atoms with van der Waals surface area (Å²) >= 11 is 12.6. The predicted octanol–water partition coefficient (Wildman–Crippen LogP) is 5.14. The fourth-order valence-electron chi connectivity index (χ4n) is 5.37. The summed E-state index contributed by atoms with van der Waals surface area (Å²) in [6.45, 7) is 3.40. The van der Waals surface area contributed by atoms with E-state index in [1.807, 2.05) is 0 Å². The van der Waals surface area contributed by atoms with Crippen LogP contribution in [0.4, 0.5) is 14.5 Å². The van der Waals surface area contributed by atoms with E-state index in [-0.39, 0.29) is 39.8 Å². The quantitative estimate of drug-likeness (QED) is 0.193. The highest BCUT2D eigenvalue weighted by Crippen LogP contribution is 2.33. The summed E-state index contributed by atoms with van der Waals surface area (Å²) in [4.78, 5) is 29.5. The molecule has 5 N–H and O–H groups in total. The normalized spacial score (nSPS) is 15.1. The van der Waals surface area contributed by atoms with Crippen LogP contribution in [-0.2, 0) is 16.1 Å². The zero-order chi connectivity index (χ0) is 30.2. The van der Waals surface area contributed by atoms with Gasteiger partial charge in [-0.15, -0.1) is 0 Å². The first kappa shape index (κ1) is 31.8. The van der Waals surface area contributed by atoms with Gasteiger partial charge in [0.15, 0.2) is 6.04 Å². The fraction of sp³-hybridized carbons (Fsp3) is 0.355. The molecule has 0 aliphatic carbocycles. The first-order valence-electron chi connectivity index (χ1n) is 13.9. The number of piperazine rings is 1. The molecule has 1 unspecified atom stereocenters. The second-order valence-electron chi connectivity index (χ2n) is 10.5. The van der Waals surface area contributed by atoms with Crippen LogP contribution in [0.3, 0.4) is 0 Å². The second-order valence-corrected chi connectivity index (χ2v) is 11.3. The van der Waals surface area contributed by atoms with Crippen LogP contribution in [0.2, 0.25) is 10.0 Å². The molecule has 1 heterocycles. The number of hydrogen-bond donors (Lipinski definition) is 3. The number of carbonyl (C=O) groups excluding carboxylic acids is 2. The molecule has 11 heteroatoms. The Morgan fingerprint density at radius 1 is 0.857 bits per heavy atom. The topological polar surface area (TPSA) is 105 Å². The average molecular weight is 619 g/mol. The van der Waals surface area contributed by atoms with E-state index >= 15 is 0 Å². The third-order valence-corrected chi connectivity index (χ3v) is 8.23. The molecule has 0 spiro atoms. The summed E-state index contributed by atoms with van der Waals surface area (Å²) in [5.74, 6) is -1.89. The molecule has 3 aromatic rings. The number of carbonyl (C=O) groups is 2. The highest BCUT2D eigenvalue weighted by Gasteiger charge is 2.34. The van der Waals surface area contributed by atoms with Crippen molar-refractivity contribution in [3.8, 4) is 0 Å². The van der Waals surface area contributed by atoms with Gasteiger partial charge in [-0.2, -0.15) is 0 Å². The van der Waals surface area contributed by atoms with Crippen molar-refractivity contribution in [2.45, 2.75) is 37.8 Å². The number of hydrogen-bond acceptors (Lipinski definition) is 5. The van der Waals surface area contributed by atoms with Crippen LogP contribution < -0.4 is 16.8 Å². The van der Waals surface area contributed by atoms with Gasteiger partial charge in [-0.25, -0.2) is 8.78 Å². The van der Waals surface area contributed by atoms with E-state index in [2.05, 4.69) is 10.2 Å². The van der Waals surface area contributed by atoms with Gasteiger partial charge in [-0.3, -0.25) is 14.5 Å². The van der Waals surface area contributed by atoms with Crippen LogP contribution in [0.5, 0.6) is 0 Å². The smallest absolute Gasteiger partial charge is 0.251 e. The summed E-state index contributed by atoms with van der Waals surface area (Å²) in [5, 5.41) is 3.12. The first-order valence-corrected chi connectivity index (χ1v) is 14.7. The predicted molar refractivity (Wildman–Crippen MR) is 162 cm³/mol. The highest BCUT2D eigenvalue weighted by atomic mass is 35.5. The maximum atomic E-state index is 13.5. The number of nitrogens with zero attached hydrogens (tertiary/aromatic N) is 2. The number of unbranched alkanes of at least 4 members (excludes halogenated alkanes) is 1. The molecule has 1 atom stereocenters. The van der Waals surface area contributed by atoms with E-state index in [1.54, 1.807) is 41.3 Å². The van der Waals surface area contributed by atoms with E-state index < -0.39 is 17.9 Å². The van der Waals surface area contributed by atoms with Crippen molar-refractivity contribution >= 4 is 40.7 Å². The Balaban J connectivity index is 1.29. The molecule has 224 valence electrons. The maximum Gasteiger partial charge on any atom is 0.251 e. The molecule has 1 fully saturated rings. The Morgan fingerprint density at radius 2 is 1.38 bits per heavy atom. The summed E-state index contributed by atoms with van der Waals surface area (Å²) in [6, 6.07) is 15.0. The van der Waals surface area contributed by atoms with E-state index in [9.17, 15) is 18.4 Å². The van der Waals surface area contributed by atoms with Gasteiger partial charge in [0, 0.05) is 38.6 Å². The van der Waals surface area contributed by atoms with Crippen molar-refractivity contribution in [2.24, 2.45) is 11.5 Å². The molecule has 2 amide bonds. The minimum Gasteiger partial charge on any atom is -0.368 e. The fourth-order valence-corrected chi connectivity index (χ4v) is 6.00. The van der Waals surface area contributed by atoms with E-state index in [1.165, 1.54) is 24.3 Å². The Hall–Kier alpha value is -3.08. The number of nitrogens with one attached hydrogen (secondary N) is 1. The molecular formula is C31H35Cl2F2N5O2. The molecule has 42 heavy (non-hydrogen) atoms. The molecule has 0 saturated carbocycles. The van der Waals surface area contributed by atoms with Crippen LogP contribution in [0.15, 0.2) is 60.7 Å². The lowest BCUT2D eigenvalue weighted by molar-refractivity contribution is -0.133. The molecule has 1 aliphatic heterocycles. The molecule has 7 nitrogen and oxygen atoms in total. The van der Waals surface area contributed by atoms with Crippen LogP contribution in [0.1, 0.15) is 41.9 Å². The summed E-state index contributed by atoms with van der Waals surface area (Å²) in [7, 11) is 0. The summed E-state index contributed by atoms with van der Waals surface area (Å²) in [5.41, 5.74) is 14.2. The van der Waals surface area contributed by atoms with E-state index in [0.29, 0.717) is 31.7 Å². The van der Waals surface area contributed by atoms with Gasteiger partial charge in [0.2, 0.25) is 5.91 Å². The minimum atomic E-state index is -1.17. The zero-order valence-corrected chi connectivity index (χ0v) is 24.7. The molecule has 0 aromatic heterocycles. The monoisotopic (exact) mass is 617 g/mol. The number of nitrogens with two attached hydrogens (primary N) is 2. The average Bonchev–Trinajstić information content (AvgIpc) is 2.97. The number of benzene rings is 3. The molecule has 1 aliphatic rings. The van der Waals surface area contributed by atoms with Crippen LogP contribution in [-0.4, -0.2) is 60.4 Å². The second kappa shape index (κ2) is 14.9. The van der Waals surface area contributed by atoms with Crippen molar-refractivity contribution in [3.63, 3.8) is 0 Å². The summed E-state index contributed by atoms with van der Waals surface area (Å²) in [6.07, 6.45) is 2.67. The number of halogens is 4. The summed E-state index contributed by atoms with van der Waals surface area (Å²) < 4.78 is 27.0.